The maximum atomic E-state index is 12.1. The van der Waals surface area contributed by atoms with Crippen molar-refractivity contribution in [2.45, 2.75) is 6.92 Å². The molecule has 0 spiro atoms. The Labute approximate surface area is 167 Å². The summed E-state index contributed by atoms with van der Waals surface area (Å²) in [6, 6.07) is 15.6. The molecule has 3 rings (SSSR count). The monoisotopic (exact) mass is 392 g/mol. The molecule has 2 aromatic carbocycles. The maximum absolute atomic E-state index is 12.1. The number of nitrogens with zero attached hydrogens (tertiary/aromatic N) is 2. The molecule has 2 N–H and O–H groups in total. The van der Waals surface area contributed by atoms with Crippen LogP contribution in [0.15, 0.2) is 60.8 Å². The van der Waals surface area contributed by atoms with E-state index in [1.165, 1.54) is 7.11 Å². The van der Waals surface area contributed by atoms with Gasteiger partial charge in [0.15, 0.2) is 0 Å². The van der Waals surface area contributed by atoms with Crippen LogP contribution in [0.4, 0.5) is 23.1 Å². The van der Waals surface area contributed by atoms with Crippen LogP contribution in [0.25, 0.3) is 0 Å². The first-order valence-electron chi connectivity index (χ1n) is 8.93. The maximum Gasteiger partial charge on any atom is 0.340 e. The molecule has 0 aliphatic carbocycles. The van der Waals surface area contributed by atoms with E-state index in [9.17, 15) is 9.59 Å². The van der Waals surface area contributed by atoms with Crippen LogP contribution in [-0.4, -0.2) is 35.6 Å². The van der Waals surface area contributed by atoms with Gasteiger partial charge in [0.05, 0.1) is 36.2 Å². The lowest BCUT2D eigenvalue weighted by Crippen LogP contribution is -2.09. The summed E-state index contributed by atoms with van der Waals surface area (Å²) in [6.07, 6.45) is 1.56. The van der Waals surface area contributed by atoms with Gasteiger partial charge >= 0.3 is 11.9 Å². The molecule has 1 heterocycles. The molecule has 3 aromatic rings. The first-order chi connectivity index (χ1) is 14.1. The van der Waals surface area contributed by atoms with E-state index >= 15 is 0 Å². The molecule has 0 amide bonds. The van der Waals surface area contributed by atoms with E-state index in [4.69, 9.17) is 9.47 Å². The summed E-state index contributed by atoms with van der Waals surface area (Å²) < 4.78 is 9.88. The summed E-state index contributed by atoms with van der Waals surface area (Å²) in [6.45, 7) is 2.04. The minimum absolute atomic E-state index is 0.278. The molecule has 0 saturated heterocycles. The second-order valence-corrected chi connectivity index (χ2v) is 5.82. The fourth-order valence-corrected chi connectivity index (χ4v) is 2.61. The molecule has 0 fully saturated rings. The Morgan fingerprint density at radius 1 is 0.897 bits per heavy atom. The van der Waals surface area contributed by atoms with E-state index in [-0.39, 0.29) is 12.6 Å². The summed E-state index contributed by atoms with van der Waals surface area (Å²) in [5.41, 5.74) is 1.84. The number of carbonyl (C=O) groups is 2. The Morgan fingerprint density at radius 2 is 1.52 bits per heavy atom. The van der Waals surface area contributed by atoms with Crippen molar-refractivity contribution < 1.29 is 19.1 Å². The van der Waals surface area contributed by atoms with Gasteiger partial charge in [-0.3, -0.25) is 0 Å². The molecule has 0 radical (unpaired) electrons. The first kappa shape index (κ1) is 19.8. The van der Waals surface area contributed by atoms with Crippen LogP contribution < -0.4 is 10.6 Å². The van der Waals surface area contributed by atoms with Crippen molar-refractivity contribution in [2.75, 3.05) is 24.4 Å². The normalized spacial score (nSPS) is 10.1. The molecule has 0 saturated carbocycles. The highest BCUT2D eigenvalue weighted by atomic mass is 16.5. The van der Waals surface area contributed by atoms with Crippen molar-refractivity contribution >= 4 is 35.1 Å². The average Bonchev–Trinajstić information content (AvgIpc) is 2.74. The molecule has 0 bridgehead atoms. The topological polar surface area (TPSA) is 102 Å². The van der Waals surface area contributed by atoms with Gasteiger partial charge in [-0.2, -0.15) is 4.98 Å². The molecule has 0 unspecified atom stereocenters. The smallest absolute Gasteiger partial charge is 0.340 e. The van der Waals surface area contributed by atoms with Gasteiger partial charge in [-0.1, -0.05) is 24.3 Å². The predicted molar refractivity (Wildman–Crippen MR) is 109 cm³/mol. The minimum atomic E-state index is -0.467. The largest absolute Gasteiger partial charge is 0.465 e. The summed E-state index contributed by atoms with van der Waals surface area (Å²) in [7, 11) is 1.32. The molecule has 0 aliphatic heterocycles. The van der Waals surface area contributed by atoms with Crippen molar-refractivity contribution in [1.82, 2.24) is 9.97 Å². The number of anilines is 4. The van der Waals surface area contributed by atoms with E-state index in [0.29, 0.717) is 28.3 Å². The number of ether oxygens (including phenoxy) is 2. The van der Waals surface area contributed by atoms with E-state index in [2.05, 4.69) is 20.6 Å². The minimum Gasteiger partial charge on any atom is -0.465 e. The van der Waals surface area contributed by atoms with Crippen LogP contribution in [0.5, 0.6) is 0 Å². The third-order valence-corrected chi connectivity index (χ3v) is 3.92. The van der Waals surface area contributed by atoms with Gasteiger partial charge in [0, 0.05) is 6.20 Å². The molecular weight excluding hydrogens is 372 g/mol. The molecule has 1 aromatic heterocycles. The van der Waals surface area contributed by atoms with Crippen molar-refractivity contribution in [3.05, 3.63) is 71.9 Å². The molecule has 8 heteroatoms. The second kappa shape index (κ2) is 9.32. The predicted octanol–water partition coefficient (Wildman–Crippen LogP) is 3.93. The van der Waals surface area contributed by atoms with Crippen LogP contribution >= 0.6 is 0 Å². The number of hydrogen-bond acceptors (Lipinski definition) is 8. The molecule has 0 atom stereocenters. The Kier molecular flexibility index (Phi) is 6.36. The standard InChI is InChI=1S/C21H20N4O4/c1-3-29-20(27)15-9-5-6-10-16(15)23-18-12-13-22-21(25-18)24-17-11-7-4-8-14(17)19(26)28-2/h4-13H,3H2,1-2H3,(H2,22,23,24,25). The number of esters is 2. The summed E-state index contributed by atoms with van der Waals surface area (Å²) in [5.74, 6) is -0.143. The number of aromatic nitrogens is 2. The fraction of sp³-hybridized carbons (Fsp3) is 0.143. The number of para-hydroxylation sites is 2. The Hall–Kier alpha value is -3.94. The van der Waals surface area contributed by atoms with Gasteiger partial charge in [0.1, 0.15) is 5.82 Å². The summed E-state index contributed by atoms with van der Waals surface area (Å²) >= 11 is 0. The average molecular weight is 392 g/mol. The SMILES string of the molecule is CCOC(=O)c1ccccc1Nc1ccnc(Nc2ccccc2C(=O)OC)n1. The number of carbonyl (C=O) groups excluding carboxylic acids is 2. The Balaban J connectivity index is 1.84. The van der Waals surface area contributed by atoms with Gasteiger partial charge in [-0.15, -0.1) is 0 Å². The number of nitrogens with one attached hydrogen (secondary N) is 2. The van der Waals surface area contributed by atoms with E-state index in [0.717, 1.165) is 0 Å². The van der Waals surface area contributed by atoms with E-state index in [1.807, 2.05) is 0 Å². The highest BCUT2D eigenvalue weighted by molar-refractivity contribution is 5.97. The van der Waals surface area contributed by atoms with Gasteiger partial charge < -0.3 is 20.1 Å². The van der Waals surface area contributed by atoms with Crippen molar-refractivity contribution in [3.8, 4) is 0 Å². The lowest BCUT2D eigenvalue weighted by atomic mass is 10.2. The number of rotatable bonds is 7. The Bertz CT molecular complexity index is 1020. The summed E-state index contributed by atoms with van der Waals surface area (Å²) in [5, 5.41) is 6.12. The van der Waals surface area contributed by atoms with Crippen molar-refractivity contribution in [2.24, 2.45) is 0 Å². The third kappa shape index (κ3) is 4.86. The van der Waals surface area contributed by atoms with Crippen LogP contribution in [0.3, 0.4) is 0 Å². The molecule has 8 nitrogen and oxygen atoms in total. The van der Waals surface area contributed by atoms with Gasteiger partial charge in [0.25, 0.3) is 0 Å². The fourth-order valence-electron chi connectivity index (χ4n) is 2.61. The van der Waals surface area contributed by atoms with E-state index in [1.54, 1.807) is 67.7 Å². The molecular formula is C21H20N4O4. The summed E-state index contributed by atoms with van der Waals surface area (Å²) in [4.78, 5) is 32.7. The second-order valence-electron chi connectivity index (χ2n) is 5.82. The van der Waals surface area contributed by atoms with Crippen LogP contribution in [0.2, 0.25) is 0 Å². The molecule has 0 aliphatic rings. The number of benzene rings is 2. The van der Waals surface area contributed by atoms with Gasteiger partial charge in [-0.25, -0.2) is 14.6 Å². The van der Waals surface area contributed by atoms with Gasteiger partial charge in [-0.05, 0) is 37.3 Å². The quantitative estimate of drug-likeness (QED) is 0.583. The highest BCUT2D eigenvalue weighted by Gasteiger charge is 2.14. The molecule has 29 heavy (non-hydrogen) atoms. The third-order valence-electron chi connectivity index (χ3n) is 3.92. The zero-order valence-corrected chi connectivity index (χ0v) is 16.0. The lowest BCUT2D eigenvalue weighted by molar-refractivity contribution is 0.0526. The Morgan fingerprint density at radius 3 is 2.17 bits per heavy atom. The van der Waals surface area contributed by atoms with Crippen LogP contribution in [0.1, 0.15) is 27.6 Å². The van der Waals surface area contributed by atoms with Gasteiger partial charge in [0.2, 0.25) is 5.95 Å². The molecule has 148 valence electrons. The zero-order chi connectivity index (χ0) is 20.6. The van der Waals surface area contributed by atoms with Crippen LogP contribution in [0, 0.1) is 0 Å². The highest BCUT2D eigenvalue weighted by Crippen LogP contribution is 2.23. The van der Waals surface area contributed by atoms with Crippen LogP contribution in [-0.2, 0) is 9.47 Å². The van der Waals surface area contributed by atoms with Crippen molar-refractivity contribution in [3.63, 3.8) is 0 Å². The number of methoxy groups -OCH3 is 1. The van der Waals surface area contributed by atoms with E-state index < -0.39 is 11.9 Å². The zero-order valence-electron chi connectivity index (χ0n) is 16.0. The lowest BCUT2D eigenvalue weighted by Gasteiger charge is -2.12. The van der Waals surface area contributed by atoms with Crippen molar-refractivity contribution in [1.29, 1.82) is 0 Å². The number of hydrogen-bond donors (Lipinski definition) is 2. The first-order valence-corrected chi connectivity index (χ1v) is 8.93.